The topological polar surface area (TPSA) is 84.5 Å². The monoisotopic (exact) mass is 368 g/mol. The zero-order valence-corrected chi connectivity index (χ0v) is 15.6. The maximum Gasteiger partial charge on any atom is 0.337 e. The Bertz CT molecular complexity index is 783. The smallest absolute Gasteiger partial charge is 0.337 e. The van der Waals surface area contributed by atoms with Crippen molar-refractivity contribution in [1.29, 1.82) is 0 Å². The highest BCUT2D eigenvalue weighted by Gasteiger charge is 2.10. The van der Waals surface area contributed by atoms with Gasteiger partial charge in [-0.25, -0.2) is 4.79 Å². The second kappa shape index (κ2) is 10.1. The first kappa shape index (κ1) is 20.2. The van der Waals surface area contributed by atoms with Crippen LogP contribution in [0.3, 0.4) is 0 Å². The van der Waals surface area contributed by atoms with Crippen molar-refractivity contribution in [2.45, 2.75) is 26.2 Å². The van der Waals surface area contributed by atoms with Crippen molar-refractivity contribution in [3.05, 3.63) is 65.2 Å². The summed E-state index contributed by atoms with van der Waals surface area (Å²) in [5, 5.41) is 5.61. The van der Waals surface area contributed by atoms with Crippen molar-refractivity contribution in [2.24, 2.45) is 0 Å². The summed E-state index contributed by atoms with van der Waals surface area (Å²) >= 11 is 0. The molecule has 0 saturated heterocycles. The molecule has 6 heteroatoms. The first-order valence-electron chi connectivity index (χ1n) is 8.93. The number of carbonyl (C=O) groups is 3. The van der Waals surface area contributed by atoms with Crippen LogP contribution >= 0.6 is 0 Å². The van der Waals surface area contributed by atoms with Gasteiger partial charge in [-0.3, -0.25) is 9.59 Å². The molecule has 0 fully saturated rings. The molecule has 142 valence electrons. The van der Waals surface area contributed by atoms with Gasteiger partial charge in [-0.2, -0.15) is 0 Å². The predicted octanol–water partition coefficient (Wildman–Crippen LogP) is 3.65. The Hall–Kier alpha value is -3.15. The molecule has 2 amide bonds. The van der Waals surface area contributed by atoms with Crippen LogP contribution < -0.4 is 10.6 Å². The van der Waals surface area contributed by atoms with Crippen LogP contribution in [-0.4, -0.2) is 31.4 Å². The molecule has 0 aliphatic carbocycles. The molecule has 2 N–H and O–H groups in total. The number of hydrogen-bond acceptors (Lipinski definition) is 4. The van der Waals surface area contributed by atoms with Gasteiger partial charge in [-0.1, -0.05) is 19.8 Å². The Kier molecular flexibility index (Phi) is 7.55. The number of benzene rings is 2. The summed E-state index contributed by atoms with van der Waals surface area (Å²) in [5.41, 5.74) is 1.93. The Morgan fingerprint density at radius 2 is 1.37 bits per heavy atom. The summed E-state index contributed by atoms with van der Waals surface area (Å²) in [4.78, 5) is 35.8. The van der Waals surface area contributed by atoms with E-state index in [0.717, 1.165) is 19.3 Å². The fourth-order valence-corrected chi connectivity index (χ4v) is 2.46. The highest BCUT2D eigenvalue weighted by molar-refractivity contribution is 6.05. The van der Waals surface area contributed by atoms with Crippen molar-refractivity contribution in [3.8, 4) is 0 Å². The lowest BCUT2D eigenvalue weighted by Crippen LogP contribution is -2.24. The standard InChI is InChI=1S/C21H24N2O4/c1-3-4-5-14-22-19(24)15-6-8-16(9-7-15)20(25)23-18-12-10-17(11-13-18)21(26)27-2/h6-13H,3-5,14H2,1-2H3,(H,22,24)(H,23,25). The third-order valence-electron chi connectivity index (χ3n) is 4.04. The van der Waals surface area contributed by atoms with E-state index >= 15 is 0 Å². The number of esters is 1. The highest BCUT2D eigenvalue weighted by Crippen LogP contribution is 2.13. The number of methoxy groups -OCH3 is 1. The number of carbonyl (C=O) groups excluding carboxylic acids is 3. The highest BCUT2D eigenvalue weighted by atomic mass is 16.5. The summed E-state index contributed by atoms with van der Waals surface area (Å²) in [7, 11) is 1.31. The lowest BCUT2D eigenvalue weighted by Gasteiger charge is -2.08. The maximum atomic E-state index is 12.3. The number of ether oxygens (including phenoxy) is 1. The number of hydrogen-bond donors (Lipinski definition) is 2. The van der Waals surface area contributed by atoms with Crippen LogP contribution in [-0.2, 0) is 4.74 Å². The molecule has 0 aliphatic heterocycles. The molecule has 0 radical (unpaired) electrons. The van der Waals surface area contributed by atoms with Gasteiger partial charge in [0.1, 0.15) is 0 Å². The largest absolute Gasteiger partial charge is 0.465 e. The molecule has 0 atom stereocenters. The molecular formula is C21H24N2O4. The first-order valence-corrected chi connectivity index (χ1v) is 8.93. The Balaban J connectivity index is 1.93. The lowest BCUT2D eigenvalue weighted by molar-refractivity contribution is 0.0600. The summed E-state index contributed by atoms with van der Waals surface area (Å²) in [5.74, 6) is -0.872. The molecule has 6 nitrogen and oxygen atoms in total. The summed E-state index contributed by atoms with van der Waals surface area (Å²) in [6, 6.07) is 12.9. The molecule has 0 aromatic heterocycles. The number of amides is 2. The van der Waals surface area contributed by atoms with Crippen LogP contribution in [0.15, 0.2) is 48.5 Å². The zero-order valence-electron chi connectivity index (χ0n) is 15.6. The van der Waals surface area contributed by atoms with Crippen molar-refractivity contribution >= 4 is 23.5 Å². The molecule has 0 bridgehead atoms. The maximum absolute atomic E-state index is 12.3. The van der Waals surface area contributed by atoms with Crippen LogP contribution in [0.1, 0.15) is 57.3 Å². The van der Waals surface area contributed by atoms with E-state index in [4.69, 9.17) is 0 Å². The molecule has 0 spiro atoms. The summed E-state index contributed by atoms with van der Waals surface area (Å²) < 4.78 is 4.63. The van der Waals surface area contributed by atoms with Gasteiger partial charge in [0.05, 0.1) is 12.7 Å². The van der Waals surface area contributed by atoms with E-state index < -0.39 is 5.97 Å². The number of rotatable bonds is 8. The normalized spacial score (nSPS) is 10.1. The quantitative estimate of drug-likeness (QED) is 0.550. The van der Waals surface area contributed by atoms with Gasteiger partial charge >= 0.3 is 5.97 Å². The molecule has 27 heavy (non-hydrogen) atoms. The van der Waals surface area contributed by atoms with Crippen LogP contribution in [0, 0.1) is 0 Å². The molecule has 2 aromatic rings. The summed E-state index contributed by atoms with van der Waals surface area (Å²) in [6.07, 6.45) is 3.14. The average molecular weight is 368 g/mol. The number of anilines is 1. The van der Waals surface area contributed by atoms with Gasteiger partial charge < -0.3 is 15.4 Å². The molecule has 0 unspecified atom stereocenters. The molecule has 0 heterocycles. The minimum absolute atomic E-state index is 0.142. The molecular weight excluding hydrogens is 344 g/mol. The molecule has 0 aliphatic rings. The van der Waals surface area contributed by atoms with Gasteiger partial charge in [0, 0.05) is 23.4 Å². The van der Waals surface area contributed by atoms with Crippen molar-refractivity contribution in [2.75, 3.05) is 19.0 Å². The third kappa shape index (κ3) is 5.95. The minimum atomic E-state index is -0.434. The van der Waals surface area contributed by atoms with Gasteiger partial charge in [-0.05, 0) is 55.0 Å². The molecule has 0 saturated carbocycles. The van der Waals surface area contributed by atoms with Gasteiger partial charge in [-0.15, -0.1) is 0 Å². The minimum Gasteiger partial charge on any atom is -0.465 e. The summed E-state index contributed by atoms with van der Waals surface area (Å²) in [6.45, 7) is 2.76. The van der Waals surface area contributed by atoms with Crippen LogP contribution in [0.5, 0.6) is 0 Å². The van der Waals surface area contributed by atoms with E-state index in [1.165, 1.54) is 7.11 Å². The average Bonchev–Trinajstić information content (AvgIpc) is 2.71. The van der Waals surface area contributed by atoms with E-state index in [9.17, 15) is 14.4 Å². The van der Waals surface area contributed by atoms with E-state index in [-0.39, 0.29) is 11.8 Å². The van der Waals surface area contributed by atoms with Crippen LogP contribution in [0.4, 0.5) is 5.69 Å². The first-order chi connectivity index (χ1) is 13.0. The van der Waals surface area contributed by atoms with Gasteiger partial charge in [0.15, 0.2) is 0 Å². The Morgan fingerprint density at radius 1 is 0.815 bits per heavy atom. The van der Waals surface area contributed by atoms with E-state index in [0.29, 0.717) is 28.9 Å². The van der Waals surface area contributed by atoms with E-state index in [2.05, 4.69) is 22.3 Å². The predicted molar refractivity (Wildman–Crippen MR) is 104 cm³/mol. The van der Waals surface area contributed by atoms with E-state index in [1.54, 1.807) is 48.5 Å². The van der Waals surface area contributed by atoms with Crippen molar-refractivity contribution < 1.29 is 19.1 Å². The zero-order chi connectivity index (χ0) is 19.6. The second-order valence-corrected chi connectivity index (χ2v) is 6.06. The lowest BCUT2D eigenvalue weighted by atomic mass is 10.1. The third-order valence-corrected chi connectivity index (χ3v) is 4.04. The number of nitrogens with one attached hydrogen (secondary N) is 2. The van der Waals surface area contributed by atoms with Gasteiger partial charge in [0.2, 0.25) is 0 Å². The SMILES string of the molecule is CCCCCNC(=O)c1ccc(C(=O)Nc2ccc(C(=O)OC)cc2)cc1. The van der Waals surface area contributed by atoms with Crippen molar-refractivity contribution in [3.63, 3.8) is 0 Å². The fourth-order valence-electron chi connectivity index (χ4n) is 2.46. The Morgan fingerprint density at radius 3 is 1.93 bits per heavy atom. The van der Waals surface area contributed by atoms with E-state index in [1.807, 2.05) is 0 Å². The van der Waals surface area contributed by atoms with Crippen LogP contribution in [0.2, 0.25) is 0 Å². The second-order valence-electron chi connectivity index (χ2n) is 6.06. The number of unbranched alkanes of at least 4 members (excludes halogenated alkanes) is 2. The molecule has 2 aromatic carbocycles. The van der Waals surface area contributed by atoms with Gasteiger partial charge in [0.25, 0.3) is 11.8 Å². The van der Waals surface area contributed by atoms with Crippen LogP contribution in [0.25, 0.3) is 0 Å². The molecule has 2 rings (SSSR count). The fraction of sp³-hybridized carbons (Fsp3) is 0.286. The van der Waals surface area contributed by atoms with Crippen molar-refractivity contribution in [1.82, 2.24) is 5.32 Å². The Labute approximate surface area is 158 Å².